The summed E-state index contributed by atoms with van der Waals surface area (Å²) < 4.78 is 44.1. The average molecular weight is 470 g/mol. The summed E-state index contributed by atoms with van der Waals surface area (Å²) in [6.45, 7) is -0.875. The summed E-state index contributed by atoms with van der Waals surface area (Å²) in [7, 11) is 0. The Kier molecular flexibility index (Phi) is 6.68. The Balaban J connectivity index is 1.56. The van der Waals surface area contributed by atoms with E-state index in [0.717, 1.165) is 11.0 Å². The van der Waals surface area contributed by atoms with Crippen molar-refractivity contribution in [3.05, 3.63) is 64.2 Å². The van der Waals surface area contributed by atoms with Gasteiger partial charge in [-0.15, -0.1) is 0 Å². The van der Waals surface area contributed by atoms with Crippen molar-refractivity contribution >= 4 is 41.1 Å². The van der Waals surface area contributed by atoms with E-state index in [2.05, 4.69) is 5.32 Å². The minimum absolute atomic E-state index is 0.0189. The van der Waals surface area contributed by atoms with Gasteiger partial charge >= 0.3 is 18.2 Å². The zero-order valence-corrected chi connectivity index (χ0v) is 16.9. The molecular weight excluding hydrogens is 455 g/mol. The Morgan fingerprint density at radius 3 is 2.41 bits per heavy atom. The second-order valence-corrected chi connectivity index (χ2v) is 7.08. The van der Waals surface area contributed by atoms with Gasteiger partial charge in [-0.2, -0.15) is 13.2 Å². The Bertz CT molecular complexity index is 1060. The second-order valence-electron chi connectivity index (χ2n) is 6.65. The average Bonchev–Trinajstić information content (AvgIpc) is 3.05. The van der Waals surface area contributed by atoms with Gasteiger partial charge in [-0.05, 0) is 35.9 Å². The lowest BCUT2D eigenvalue weighted by Crippen LogP contribution is -2.30. The third-order valence-electron chi connectivity index (χ3n) is 4.36. The Morgan fingerprint density at radius 2 is 1.81 bits per heavy atom. The van der Waals surface area contributed by atoms with Crippen molar-refractivity contribution in [1.82, 2.24) is 10.2 Å². The standard InChI is InChI=1S/C20H15ClF3N3O5/c21-13-5-6-15(14(7-13)20(22,23)24)26-16(28)10-32-18(30)12-3-1-11(2-4-12)9-27-17(29)8-25-19(27)31/h1-7H,8-10H2,(H,25,31)(H,26,28). The molecule has 1 aliphatic rings. The molecule has 2 aromatic rings. The van der Waals surface area contributed by atoms with Gasteiger partial charge in [-0.25, -0.2) is 9.59 Å². The van der Waals surface area contributed by atoms with Crippen LogP contribution in [0, 0.1) is 0 Å². The van der Waals surface area contributed by atoms with Crippen LogP contribution in [0.1, 0.15) is 21.5 Å². The van der Waals surface area contributed by atoms with E-state index in [-0.39, 0.29) is 29.6 Å². The minimum Gasteiger partial charge on any atom is -0.452 e. The molecule has 0 unspecified atom stereocenters. The molecule has 1 heterocycles. The fraction of sp³-hybridized carbons (Fsp3) is 0.200. The molecule has 0 atom stereocenters. The number of carbonyl (C=O) groups is 4. The third-order valence-corrected chi connectivity index (χ3v) is 4.60. The van der Waals surface area contributed by atoms with E-state index in [4.69, 9.17) is 16.3 Å². The summed E-state index contributed by atoms with van der Waals surface area (Å²) in [5.74, 6) is -2.23. The van der Waals surface area contributed by atoms with Crippen LogP contribution in [0.2, 0.25) is 5.02 Å². The monoisotopic (exact) mass is 469 g/mol. The van der Waals surface area contributed by atoms with Crippen LogP contribution in [0.3, 0.4) is 0 Å². The molecule has 2 aromatic carbocycles. The van der Waals surface area contributed by atoms with Crippen LogP contribution in [-0.2, 0) is 27.0 Å². The molecule has 12 heteroatoms. The normalized spacial score (nSPS) is 13.7. The predicted octanol–water partition coefficient (Wildman–Crippen LogP) is 3.21. The number of hydrogen-bond acceptors (Lipinski definition) is 5. The van der Waals surface area contributed by atoms with Crippen LogP contribution >= 0.6 is 11.6 Å². The first-order valence-electron chi connectivity index (χ1n) is 9.05. The molecule has 8 nitrogen and oxygen atoms in total. The van der Waals surface area contributed by atoms with Gasteiger partial charge in [0, 0.05) is 5.02 Å². The number of anilines is 1. The maximum absolute atomic E-state index is 13.1. The zero-order chi connectivity index (χ0) is 23.5. The van der Waals surface area contributed by atoms with Crippen LogP contribution in [0.4, 0.5) is 23.7 Å². The number of benzene rings is 2. The number of rotatable bonds is 6. The summed E-state index contributed by atoms with van der Waals surface area (Å²) in [6.07, 6.45) is -4.74. The Hall–Kier alpha value is -3.60. The third kappa shape index (κ3) is 5.55. The fourth-order valence-corrected chi connectivity index (χ4v) is 2.98. The molecule has 0 aliphatic carbocycles. The molecular formula is C20H15ClF3N3O5. The van der Waals surface area contributed by atoms with Crippen molar-refractivity contribution in [2.75, 3.05) is 18.5 Å². The highest BCUT2D eigenvalue weighted by atomic mass is 35.5. The van der Waals surface area contributed by atoms with Crippen LogP contribution < -0.4 is 10.6 Å². The van der Waals surface area contributed by atoms with Crippen LogP contribution in [-0.4, -0.2) is 41.9 Å². The largest absolute Gasteiger partial charge is 0.452 e. The highest BCUT2D eigenvalue weighted by Gasteiger charge is 2.34. The number of nitrogens with zero attached hydrogens (tertiary/aromatic N) is 1. The molecule has 0 saturated carbocycles. The van der Waals surface area contributed by atoms with Crippen molar-refractivity contribution in [2.45, 2.75) is 12.7 Å². The molecule has 1 fully saturated rings. The summed E-state index contributed by atoms with van der Waals surface area (Å²) >= 11 is 5.58. The highest BCUT2D eigenvalue weighted by Crippen LogP contribution is 2.36. The van der Waals surface area contributed by atoms with Crippen molar-refractivity contribution in [3.63, 3.8) is 0 Å². The van der Waals surface area contributed by atoms with Crippen molar-refractivity contribution < 1.29 is 37.1 Å². The topological polar surface area (TPSA) is 105 Å². The number of halogens is 4. The van der Waals surface area contributed by atoms with E-state index >= 15 is 0 Å². The quantitative estimate of drug-likeness (QED) is 0.499. The van der Waals surface area contributed by atoms with E-state index in [1.165, 1.54) is 30.3 Å². The van der Waals surface area contributed by atoms with Crippen molar-refractivity contribution in [1.29, 1.82) is 0 Å². The number of imide groups is 1. The number of nitrogens with one attached hydrogen (secondary N) is 2. The van der Waals surface area contributed by atoms with Crippen LogP contribution in [0.25, 0.3) is 0 Å². The van der Waals surface area contributed by atoms with E-state index in [9.17, 15) is 32.3 Å². The number of carbonyl (C=O) groups excluding carboxylic acids is 4. The lowest BCUT2D eigenvalue weighted by Gasteiger charge is -2.14. The van der Waals surface area contributed by atoms with Gasteiger partial charge in [0.1, 0.15) is 0 Å². The van der Waals surface area contributed by atoms with Gasteiger partial charge in [0.05, 0.1) is 29.9 Å². The maximum Gasteiger partial charge on any atom is 0.418 e. The van der Waals surface area contributed by atoms with Crippen molar-refractivity contribution in [3.8, 4) is 0 Å². The van der Waals surface area contributed by atoms with Gasteiger partial charge in [-0.1, -0.05) is 23.7 Å². The molecule has 1 aliphatic heterocycles. The summed E-state index contributed by atoms with van der Waals surface area (Å²) in [4.78, 5) is 48.2. The fourth-order valence-electron chi connectivity index (χ4n) is 2.80. The number of esters is 1. The second kappa shape index (κ2) is 9.27. The number of hydrogen-bond donors (Lipinski definition) is 2. The first kappa shape index (κ1) is 23.1. The van der Waals surface area contributed by atoms with E-state index in [1.54, 1.807) is 0 Å². The van der Waals surface area contributed by atoms with Gasteiger partial charge in [0.2, 0.25) is 5.91 Å². The Labute approximate surface area is 184 Å². The van der Waals surface area contributed by atoms with Crippen LogP contribution in [0.15, 0.2) is 42.5 Å². The van der Waals surface area contributed by atoms with Gasteiger partial charge in [-0.3, -0.25) is 14.5 Å². The molecule has 32 heavy (non-hydrogen) atoms. The van der Waals surface area contributed by atoms with Gasteiger partial charge in [0.25, 0.3) is 5.91 Å². The SMILES string of the molecule is O=C(COC(=O)c1ccc(CN2C(=O)CNC2=O)cc1)Nc1ccc(Cl)cc1C(F)(F)F. The van der Waals surface area contributed by atoms with Gasteiger partial charge in [0.15, 0.2) is 6.61 Å². The van der Waals surface area contributed by atoms with Crippen LogP contribution in [0.5, 0.6) is 0 Å². The lowest BCUT2D eigenvalue weighted by molar-refractivity contribution is -0.137. The van der Waals surface area contributed by atoms with Crippen molar-refractivity contribution in [2.24, 2.45) is 0 Å². The predicted molar refractivity (Wildman–Crippen MR) is 106 cm³/mol. The first-order valence-corrected chi connectivity index (χ1v) is 9.43. The molecule has 1 saturated heterocycles. The molecule has 4 amide bonds. The first-order chi connectivity index (χ1) is 15.0. The van der Waals surface area contributed by atoms with E-state index in [0.29, 0.717) is 11.6 Å². The molecule has 3 rings (SSSR count). The van der Waals surface area contributed by atoms with E-state index < -0.39 is 41.9 Å². The lowest BCUT2D eigenvalue weighted by atomic mass is 10.1. The summed E-state index contributed by atoms with van der Waals surface area (Å²) in [5.41, 5.74) is -1.01. The summed E-state index contributed by atoms with van der Waals surface area (Å²) in [5, 5.41) is 4.27. The number of alkyl halides is 3. The Morgan fingerprint density at radius 1 is 1.12 bits per heavy atom. The smallest absolute Gasteiger partial charge is 0.418 e. The molecule has 168 valence electrons. The number of amides is 4. The molecule has 0 aromatic heterocycles. The molecule has 0 spiro atoms. The highest BCUT2D eigenvalue weighted by molar-refractivity contribution is 6.30. The van der Waals surface area contributed by atoms with E-state index in [1.807, 2.05) is 5.32 Å². The maximum atomic E-state index is 13.1. The minimum atomic E-state index is -4.74. The number of urea groups is 1. The number of ether oxygens (including phenoxy) is 1. The van der Waals surface area contributed by atoms with Gasteiger partial charge < -0.3 is 15.4 Å². The molecule has 0 radical (unpaired) electrons. The zero-order valence-electron chi connectivity index (χ0n) is 16.2. The summed E-state index contributed by atoms with van der Waals surface area (Å²) in [6, 6.07) is 8.07. The molecule has 2 N–H and O–H groups in total. The molecule has 0 bridgehead atoms.